The standard InChI is InChI=1S/C17H25NO2S/c1-3-17(4-2)7-9-18(10-8-17)12-15-11-14(13-21-15)5-6-16(19)20/h5-6,11,13H,3-4,7-10,12H2,1-2H3,(H,19,20). The second kappa shape index (κ2) is 7.23. The molecule has 0 saturated carbocycles. The molecule has 1 aliphatic rings. The van der Waals surface area contributed by atoms with Crippen LogP contribution in [-0.2, 0) is 11.3 Å². The Morgan fingerprint density at radius 2 is 2.05 bits per heavy atom. The Kier molecular flexibility index (Phi) is 5.59. The van der Waals surface area contributed by atoms with E-state index < -0.39 is 5.97 Å². The highest BCUT2D eigenvalue weighted by Gasteiger charge is 2.31. The molecule has 0 spiro atoms. The summed E-state index contributed by atoms with van der Waals surface area (Å²) in [6.07, 6.45) is 8.05. The maximum absolute atomic E-state index is 10.5. The molecule has 1 aromatic heterocycles. The molecule has 2 rings (SSSR count). The summed E-state index contributed by atoms with van der Waals surface area (Å²) in [5, 5.41) is 10.7. The molecule has 1 saturated heterocycles. The van der Waals surface area contributed by atoms with Crippen molar-refractivity contribution in [2.45, 2.75) is 46.1 Å². The molecule has 0 atom stereocenters. The summed E-state index contributed by atoms with van der Waals surface area (Å²) in [7, 11) is 0. The number of rotatable bonds is 6. The van der Waals surface area contributed by atoms with Gasteiger partial charge in [-0.25, -0.2) is 4.79 Å². The molecule has 0 aliphatic carbocycles. The molecule has 1 N–H and O–H groups in total. The smallest absolute Gasteiger partial charge is 0.328 e. The lowest BCUT2D eigenvalue weighted by Crippen LogP contribution is -2.39. The van der Waals surface area contributed by atoms with E-state index in [9.17, 15) is 4.79 Å². The van der Waals surface area contributed by atoms with Crippen LogP contribution >= 0.6 is 11.3 Å². The highest BCUT2D eigenvalue weighted by molar-refractivity contribution is 7.10. The normalized spacial score (nSPS) is 19.1. The van der Waals surface area contributed by atoms with Gasteiger partial charge < -0.3 is 5.11 Å². The summed E-state index contributed by atoms with van der Waals surface area (Å²) in [6, 6.07) is 2.10. The van der Waals surface area contributed by atoms with Crippen molar-refractivity contribution in [2.75, 3.05) is 13.1 Å². The van der Waals surface area contributed by atoms with E-state index in [1.165, 1.54) is 49.7 Å². The van der Waals surface area contributed by atoms with Crippen molar-refractivity contribution in [1.29, 1.82) is 0 Å². The molecule has 116 valence electrons. The lowest BCUT2D eigenvalue weighted by Gasteiger charge is -2.40. The van der Waals surface area contributed by atoms with Crippen LogP contribution in [0.3, 0.4) is 0 Å². The first kappa shape index (κ1) is 16.2. The molecule has 4 heteroatoms. The molecule has 0 aromatic carbocycles. The van der Waals surface area contributed by atoms with Crippen LogP contribution in [0, 0.1) is 5.41 Å². The number of hydrogen-bond acceptors (Lipinski definition) is 3. The third-order valence-corrected chi connectivity index (χ3v) is 5.83. The Morgan fingerprint density at radius 3 is 2.62 bits per heavy atom. The molecule has 0 radical (unpaired) electrons. The third kappa shape index (κ3) is 4.42. The third-order valence-electron chi connectivity index (χ3n) is 4.89. The van der Waals surface area contributed by atoms with Gasteiger partial charge in [-0.3, -0.25) is 4.90 Å². The Morgan fingerprint density at radius 1 is 1.38 bits per heavy atom. The molecule has 0 bridgehead atoms. The van der Waals surface area contributed by atoms with E-state index >= 15 is 0 Å². The predicted molar refractivity (Wildman–Crippen MR) is 88.5 cm³/mol. The van der Waals surface area contributed by atoms with Crippen molar-refractivity contribution in [3.63, 3.8) is 0 Å². The highest BCUT2D eigenvalue weighted by Crippen LogP contribution is 2.38. The lowest BCUT2D eigenvalue weighted by atomic mass is 9.74. The van der Waals surface area contributed by atoms with Crippen LogP contribution in [0.1, 0.15) is 50.0 Å². The Labute approximate surface area is 131 Å². The van der Waals surface area contributed by atoms with Gasteiger partial charge in [0.1, 0.15) is 0 Å². The fourth-order valence-corrected chi connectivity index (χ4v) is 3.99. The maximum Gasteiger partial charge on any atom is 0.328 e. The van der Waals surface area contributed by atoms with Gasteiger partial charge in [0.2, 0.25) is 0 Å². The Bertz CT molecular complexity index is 493. The number of nitrogens with zero attached hydrogens (tertiary/aromatic N) is 1. The molecule has 3 nitrogen and oxygen atoms in total. The predicted octanol–water partition coefficient (Wildman–Crippen LogP) is 4.25. The van der Waals surface area contributed by atoms with Gasteiger partial charge in [0, 0.05) is 17.5 Å². The number of likely N-dealkylation sites (tertiary alicyclic amines) is 1. The summed E-state index contributed by atoms with van der Waals surface area (Å²) in [6.45, 7) is 7.99. The van der Waals surface area contributed by atoms with Crippen LogP contribution in [-0.4, -0.2) is 29.1 Å². The van der Waals surface area contributed by atoms with Crippen LogP contribution in [0.15, 0.2) is 17.5 Å². The Balaban J connectivity index is 1.88. The fraction of sp³-hybridized carbons (Fsp3) is 0.588. The van der Waals surface area contributed by atoms with Gasteiger partial charge in [-0.1, -0.05) is 26.7 Å². The minimum atomic E-state index is -0.894. The zero-order valence-electron chi connectivity index (χ0n) is 13.0. The minimum Gasteiger partial charge on any atom is -0.478 e. The van der Waals surface area contributed by atoms with Crippen molar-refractivity contribution < 1.29 is 9.90 Å². The second-order valence-electron chi connectivity index (χ2n) is 6.00. The van der Waals surface area contributed by atoms with Crippen molar-refractivity contribution >= 4 is 23.4 Å². The van der Waals surface area contributed by atoms with E-state index in [-0.39, 0.29) is 0 Å². The van der Waals surface area contributed by atoms with Gasteiger partial charge in [0.25, 0.3) is 0 Å². The lowest BCUT2D eigenvalue weighted by molar-refractivity contribution is -0.131. The topological polar surface area (TPSA) is 40.5 Å². The maximum atomic E-state index is 10.5. The fourth-order valence-electron chi connectivity index (χ4n) is 3.10. The van der Waals surface area contributed by atoms with E-state index in [1.54, 1.807) is 17.4 Å². The van der Waals surface area contributed by atoms with E-state index in [0.29, 0.717) is 5.41 Å². The van der Waals surface area contributed by atoms with Crippen molar-refractivity contribution in [3.05, 3.63) is 28.0 Å². The molecule has 1 fully saturated rings. The summed E-state index contributed by atoms with van der Waals surface area (Å²) >= 11 is 1.72. The van der Waals surface area contributed by atoms with Crippen LogP contribution in [0.2, 0.25) is 0 Å². The number of thiophene rings is 1. The van der Waals surface area contributed by atoms with Gasteiger partial charge in [-0.05, 0) is 54.4 Å². The number of carboxylic acids is 1. The average molecular weight is 307 g/mol. The number of piperidine rings is 1. The van der Waals surface area contributed by atoms with Crippen LogP contribution in [0.5, 0.6) is 0 Å². The zero-order chi connectivity index (χ0) is 15.3. The summed E-state index contributed by atoms with van der Waals surface area (Å²) in [4.78, 5) is 14.4. The first-order valence-corrected chi connectivity index (χ1v) is 8.65. The molecule has 2 heterocycles. The molecular formula is C17H25NO2S. The van der Waals surface area contributed by atoms with Crippen LogP contribution in [0.25, 0.3) is 6.08 Å². The molecule has 1 aromatic rings. The number of carboxylic acid groups (broad SMARTS) is 1. The second-order valence-corrected chi connectivity index (χ2v) is 7.00. The van der Waals surface area contributed by atoms with E-state index in [4.69, 9.17) is 5.11 Å². The van der Waals surface area contributed by atoms with Gasteiger partial charge >= 0.3 is 5.97 Å². The first-order chi connectivity index (χ1) is 10.1. The highest BCUT2D eigenvalue weighted by atomic mass is 32.1. The van der Waals surface area contributed by atoms with Crippen molar-refractivity contribution in [1.82, 2.24) is 4.90 Å². The molecule has 1 aliphatic heterocycles. The van der Waals surface area contributed by atoms with Crippen LogP contribution in [0.4, 0.5) is 0 Å². The number of aliphatic carboxylic acids is 1. The SMILES string of the molecule is CCC1(CC)CCN(Cc2cc(C=CC(=O)O)cs2)CC1. The monoisotopic (exact) mass is 307 g/mol. The van der Waals surface area contributed by atoms with Gasteiger partial charge in [-0.2, -0.15) is 0 Å². The minimum absolute atomic E-state index is 0.571. The summed E-state index contributed by atoms with van der Waals surface area (Å²) in [5.41, 5.74) is 1.56. The average Bonchev–Trinajstić information content (AvgIpc) is 2.94. The van der Waals surface area contributed by atoms with E-state index in [0.717, 1.165) is 12.1 Å². The van der Waals surface area contributed by atoms with Crippen molar-refractivity contribution in [2.24, 2.45) is 5.41 Å². The number of carbonyl (C=O) groups is 1. The molecule has 0 amide bonds. The molecule has 21 heavy (non-hydrogen) atoms. The van der Waals surface area contributed by atoms with Crippen molar-refractivity contribution in [3.8, 4) is 0 Å². The largest absolute Gasteiger partial charge is 0.478 e. The molecule has 0 unspecified atom stereocenters. The van der Waals surface area contributed by atoms with Crippen LogP contribution < -0.4 is 0 Å². The number of hydrogen-bond donors (Lipinski definition) is 1. The first-order valence-electron chi connectivity index (χ1n) is 7.77. The van der Waals surface area contributed by atoms with Gasteiger partial charge in [0.15, 0.2) is 0 Å². The summed E-state index contributed by atoms with van der Waals surface area (Å²) in [5.74, 6) is -0.894. The summed E-state index contributed by atoms with van der Waals surface area (Å²) < 4.78 is 0. The molecular weight excluding hydrogens is 282 g/mol. The zero-order valence-corrected chi connectivity index (χ0v) is 13.8. The van der Waals surface area contributed by atoms with E-state index in [2.05, 4.69) is 24.8 Å². The van der Waals surface area contributed by atoms with E-state index in [1.807, 2.05) is 5.38 Å². The Hall–Kier alpha value is -1.13. The van der Waals surface area contributed by atoms with Gasteiger partial charge in [-0.15, -0.1) is 11.3 Å². The quantitative estimate of drug-likeness (QED) is 0.799. The van der Waals surface area contributed by atoms with Gasteiger partial charge in [0.05, 0.1) is 0 Å².